The Morgan fingerprint density at radius 2 is 0.661 bits per heavy atom. The second kappa shape index (κ2) is 14.7. The van der Waals surface area contributed by atoms with Gasteiger partial charge in [0.05, 0.1) is 11.4 Å². The van der Waals surface area contributed by atoms with Crippen LogP contribution in [0.4, 0.5) is 0 Å². The van der Waals surface area contributed by atoms with E-state index >= 15 is 0 Å². The molecular weight excluding hydrogens is 757 g/mol. The third kappa shape index (κ3) is 6.08. The first-order valence-corrected chi connectivity index (χ1v) is 20.9. The molecule has 0 aliphatic heterocycles. The Morgan fingerprint density at radius 3 is 1.18 bits per heavy atom. The monoisotopic (exact) mass is 792 g/mol. The van der Waals surface area contributed by atoms with E-state index in [1.807, 2.05) is 24.3 Å². The van der Waals surface area contributed by atoms with Gasteiger partial charge in [-0.3, -0.25) is 0 Å². The van der Waals surface area contributed by atoms with Gasteiger partial charge in [0.25, 0.3) is 0 Å². The number of furan rings is 2. The molecule has 4 nitrogen and oxygen atoms in total. The predicted octanol–water partition coefficient (Wildman–Crippen LogP) is 15.9. The molecule has 0 bridgehead atoms. The maximum atomic E-state index is 6.66. The summed E-state index contributed by atoms with van der Waals surface area (Å²) in [7, 11) is 0. The fourth-order valence-electron chi connectivity index (χ4n) is 8.96. The van der Waals surface area contributed by atoms with Crippen molar-refractivity contribution in [2.24, 2.45) is 0 Å². The van der Waals surface area contributed by atoms with Crippen molar-refractivity contribution in [1.82, 2.24) is 9.97 Å². The third-order valence-corrected chi connectivity index (χ3v) is 11.9. The second-order valence-electron chi connectivity index (χ2n) is 15.6. The van der Waals surface area contributed by atoms with Crippen LogP contribution in [0.3, 0.4) is 0 Å². The Kier molecular flexibility index (Phi) is 8.46. The van der Waals surface area contributed by atoms with Gasteiger partial charge in [-0.2, -0.15) is 0 Å². The van der Waals surface area contributed by atoms with E-state index in [0.29, 0.717) is 5.82 Å². The Bertz CT molecular complexity index is 3480. The first kappa shape index (κ1) is 35.6. The van der Waals surface area contributed by atoms with Crippen LogP contribution in [0.5, 0.6) is 0 Å². The molecule has 0 unspecified atom stereocenters. The molecule has 0 atom stereocenters. The van der Waals surface area contributed by atoms with Crippen molar-refractivity contribution in [3.8, 4) is 78.4 Å². The van der Waals surface area contributed by atoms with Crippen molar-refractivity contribution in [2.75, 3.05) is 0 Å². The van der Waals surface area contributed by atoms with Crippen molar-refractivity contribution in [2.45, 2.75) is 0 Å². The van der Waals surface area contributed by atoms with Crippen molar-refractivity contribution in [3.63, 3.8) is 0 Å². The molecule has 0 saturated carbocycles. The number of hydrogen-bond donors (Lipinski definition) is 0. The average Bonchev–Trinajstić information content (AvgIpc) is 3.93. The van der Waals surface area contributed by atoms with Crippen molar-refractivity contribution < 1.29 is 8.83 Å². The molecule has 0 radical (unpaired) electrons. The van der Waals surface area contributed by atoms with Gasteiger partial charge in [0, 0.05) is 38.2 Å². The van der Waals surface area contributed by atoms with Gasteiger partial charge in [-0.15, -0.1) is 0 Å². The van der Waals surface area contributed by atoms with Gasteiger partial charge in [0.2, 0.25) is 0 Å². The lowest BCUT2D eigenvalue weighted by Crippen LogP contribution is -2.00. The summed E-state index contributed by atoms with van der Waals surface area (Å²) in [5.41, 5.74) is 16.2. The van der Waals surface area contributed by atoms with E-state index < -0.39 is 0 Å². The zero-order valence-corrected chi connectivity index (χ0v) is 33.5. The van der Waals surface area contributed by atoms with Crippen LogP contribution in [0.25, 0.3) is 122 Å². The van der Waals surface area contributed by atoms with Gasteiger partial charge in [-0.05, 0) is 87.0 Å². The number of hydrogen-bond acceptors (Lipinski definition) is 4. The smallest absolute Gasteiger partial charge is 0.161 e. The number of nitrogens with zero attached hydrogens (tertiary/aromatic N) is 2. The maximum absolute atomic E-state index is 6.66. The summed E-state index contributed by atoms with van der Waals surface area (Å²) in [6.07, 6.45) is 0. The largest absolute Gasteiger partial charge is 0.455 e. The SMILES string of the molecule is c1ccc(-c2ccc(-c3cc(-c4ccccc4)cc(-c4ccccc4)c3-c3nc(-c4cccc5c4oc4ccccc45)cc(-c4cccc5c4oc4ccccc45)n3)cc2)cc1. The minimum atomic E-state index is 0.597. The van der Waals surface area contributed by atoms with Gasteiger partial charge >= 0.3 is 0 Å². The summed E-state index contributed by atoms with van der Waals surface area (Å²) in [6, 6.07) is 76.2. The third-order valence-electron chi connectivity index (χ3n) is 11.9. The molecule has 290 valence electrons. The van der Waals surface area contributed by atoms with Crippen LogP contribution in [-0.4, -0.2) is 9.97 Å². The fourth-order valence-corrected chi connectivity index (χ4v) is 8.96. The Morgan fingerprint density at radius 1 is 0.274 bits per heavy atom. The van der Waals surface area contributed by atoms with Crippen LogP contribution in [0.15, 0.2) is 227 Å². The standard InChI is InChI=1S/C58H36N2O2/c1-4-16-37(17-5-1)39-30-32-41(33-31-39)50-35-42(38-18-6-2-7-19-38)34-49(40-20-8-3-9-21-40)55(50)58-59-51(47-26-14-24-45-43-22-10-12-28-53(43)61-56(45)47)36-52(60-58)48-27-15-25-46-44-23-11-13-29-54(44)62-57(46)48/h1-36H. The van der Waals surface area contributed by atoms with Crippen LogP contribution in [0, 0.1) is 0 Å². The van der Waals surface area contributed by atoms with E-state index in [2.05, 4.69) is 194 Å². The zero-order valence-electron chi connectivity index (χ0n) is 33.5. The molecule has 3 heterocycles. The van der Waals surface area contributed by atoms with Crippen LogP contribution in [0.2, 0.25) is 0 Å². The summed E-state index contributed by atoms with van der Waals surface area (Å²) in [5, 5.41) is 4.20. The molecule has 0 amide bonds. The van der Waals surface area contributed by atoms with Gasteiger partial charge in [0.1, 0.15) is 22.3 Å². The molecular formula is C58H36N2O2. The minimum Gasteiger partial charge on any atom is -0.455 e. The van der Waals surface area contributed by atoms with Gasteiger partial charge in [-0.1, -0.05) is 176 Å². The summed E-state index contributed by atoms with van der Waals surface area (Å²) >= 11 is 0. The lowest BCUT2D eigenvalue weighted by molar-refractivity contribution is 0.669. The highest BCUT2D eigenvalue weighted by Gasteiger charge is 2.24. The summed E-state index contributed by atoms with van der Waals surface area (Å²) in [6.45, 7) is 0. The van der Waals surface area contributed by atoms with Crippen molar-refractivity contribution >= 4 is 43.9 Å². The first-order chi connectivity index (χ1) is 30.7. The summed E-state index contributed by atoms with van der Waals surface area (Å²) < 4.78 is 13.3. The molecule has 0 fully saturated rings. The topological polar surface area (TPSA) is 52.1 Å². The number of rotatable bonds is 7. The zero-order chi connectivity index (χ0) is 41.0. The van der Waals surface area contributed by atoms with E-state index in [-0.39, 0.29) is 0 Å². The van der Waals surface area contributed by atoms with Crippen molar-refractivity contribution in [3.05, 3.63) is 218 Å². The molecule has 3 aromatic heterocycles. The number of fused-ring (bicyclic) bond motifs is 6. The van der Waals surface area contributed by atoms with Crippen LogP contribution < -0.4 is 0 Å². The maximum Gasteiger partial charge on any atom is 0.161 e. The molecule has 12 rings (SSSR count). The molecule has 0 spiro atoms. The van der Waals surface area contributed by atoms with E-state index in [4.69, 9.17) is 18.8 Å². The van der Waals surface area contributed by atoms with Gasteiger partial charge < -0.3 is 8.83 Å². The Labute approximate surface area is 358 Å². The minimum absolute atomic E-state index is 0.597. The number of para-hydroxylation sites is 4. The molecule has 62 heavy (non-hydrogen) atoms. The van der Waals surface area contributed by atoms with Gasteiger partial charge in [0.15, 0.2) is 5.82 Å². The quantitative estimate of drug-likeness (QED) is 0.161. The summed E-state index contributed by atoms with van der Waals surface area (Å²) in [4.78, 5) is 11.2. The summed E-state index contributed by atoms with van der Waals surface area (Å²) in [5.74, 6) is 0.597. The van der Waals surface area contributed by atoms with E-state index in [0.717, 1.165) is 111 Å². The van der Waals surface area contributed by atoms with Crippen LogP contribution in [0.1, 0.15) is 0 Å². The fraction of sp³-hybridized carbons (Fsp3) is 0. The molecule has 0 N–H and O–H groups in total. The lowest BCUT2D eigenvalue weighted by atomic mass is 9.86. The Balaban J connectivity index is 1.18. The normalized spacial score (nSPS) is 11.5. The first-order valence-electron chi connectivity index (χ1n) is 20.9. The highest BCUT2D eigenvalue weighted by atomic mass is 16.3. The predicted molar refractivity (Wildman–Crippen MR) is 255 cm³/mol. The van der Waals surface area contributed by atoms with Crippen LogP contribution in [-0.2, 0) is 0 Å². The highest BCUT2D eigenvalue weighted by Crippen LogP contribution is 2.45. The van der Waals surface area contributed by atoms with E-state index in [9.17, 15) is 0 Å². The molecule has 4 heteroatoms. The highest BCUT2D eigenvalue weighted by molar-refractivity contribution is 6.11. The van der Waals surface area contributed by atoms with E-state index in [1.165, 1.54) is 5.56 Å². The molecule has 0 aliphatic rings. The Hall–Kier alpha value is -8.34. The molecule has 12 aromatic rings. The number of benzene rings is 9. The number of aromatic nitrogens is 2. The average molecular weight is 793 g/mol. The van der Waals surface area contributed by atoms with E-state index in [1.54, 1.807) is 0 Å². The van der Waals surface area contributed by atoms with Gasteiger partial charge in [-0.25, -0.2) is 9.97 Å². The lowest BCUT2D eigenvalue weighted by Gasteiger charge is -2.19. The van der Waals surface area contributed by atoms with Crippen LogP contribution >= 0.6 is 0 Å². The molecule has 0 saturated heterocycles. The second-order valence-corrected chi connectivity index (χ2v) is 15.6. The van der Waals surface area contributed by atoms with Crippen molar-refractivity contribution in [1.29, 1.82) is 0 Å². The molecule has 9 aromatic carbocycles. The molecule has 0 aliphatic carbocycles.